The lowest BCUT2D eigenvalue weighted by Gasteiger charge is -2.27. The van der Waals surface area contributed by atoms with Crippen LogP contribution in [0.4, 0.5) is 0 Å². The molecule has 0 bridgehead atoms. The second-order valence-electron chi connectivity index (χ2n) is 5.27. The summed E-state index contributed by atoms with van der Waals surface area (Å²) in [7, 11) is 0. The Labute approximate surface area is 107 Å². The summed E-state index contributed by atoms with van der Waals surface area (Å²) in [6.45, 7) is 3.66. The van der Waals surface area contributed by atoms with Crippen LogP contribution in [0.15, 0.2) is 24.3 Å². The minimum Gasteiger partial charge on any atom is -0.478 e. The fourth-order valence-electron chi connectivity index (χ4n) is 2.32. The van der Waals surface area contributed by atoms with Gasteiger partial charge < -0.3 is 10.2 Å². The maximum atomic E-state index is 10.9. The van der Waals surface area contributed by atoms with E-state index in [1.54, 1.807) is 6.07 Å². The molecule has 0 spiro atoms. The number of aliphatic hydroxyl groups is 1. The number of aromatic carboxylic acids is 1. The standard InChI is InChI=1S/C15H18O3/c1-10-9-12(3-4-13(10)14(16)17)11-5-7-15(2,18)8-6-11/h3-5,9,18H,6-8H2,1-2H3,(H,16,17). The van der Waals surface area contributed by atoms with Crippen LogP contribution in [-0.2, 0) is 0 Å². The van der Waals surface area contributed by atoms with Crippen LogP contribution in [0.3, 0.4) is 0 Å². The Balaban J connectivity index is 2.28. The summed E-state index contributed by atoms with van der Waals surface area (Å²) in [5, 5.41) is 18.9. The highest BCUT2D eigenvalue weighted by molar-refractivity contribution is 5.90. The zero-order chi connectivity index (χ0) is 13.3. The highest BCUT2D eigenvalue weighted by Gasteiger charge is 2.24. The third kappa shape index (κ3) is 2.62. The minimum atomic E-state index is -0.889. The van der Waals surface area contributed by atoms with Gasteiger partial charge in [-0.1, -0.05) is 18.2 Å². The molecule has 0 saturated carbocycles. The van der Waals surface area contributed by atoms with Gasteiger partial charge in [-0.25, -0.2) is 4.79 Å². The van der Waals surface area contributed by atoms with E-state index in [1.807, 2.05) is 26.0 Å². The van der Waals surface area contributed by atoms with Crippen LogP contribution in [0.2, 0.25) is 0 Å². The maximum Gasteiger partial charge on any atom is 0.335 e. The first-order chi connectivity index (χ1) is 8.39. The van der Waals surface area contributed by atoms with Gasteiger partial charge in [0, 0.05) is 0 Å². The van der Waals surface area contributed by atoms with E-state index < -0.39 is 11.6 Å². The summed E-state index contributed by atoms with van der Waals surface area (Å²) in [5.41, 5.74) is 2.79. The van der Waals surface area contributed by atoms with Crippen molar-refractivity contribution in [2.24, 2.45) is 0 Å². The van der Waals surface area contributed by atoms with Gasteiger partial charge >= 0.3 is 5.97 Å². The predicted octanol–water partition coefficient (Wildman–Crippen LogP) is 3.01. The molecule has 1 atom stereocenters. The number of carbonyl (C=O) groups is 1. The Kier molecular flexibility index (Phi) is 3.26. The zero-order valence-corrected chi connectivity index (χ0v) is 10.7. The number of carboxylic acids is 1. The van der Waals surface area contributed by atoms with E-state index in [9.17, 15) is 9.90 Å². The number of benzene rings is 1. The van der Waals surface area contributed by atoms with Crippen molar-refractivity contribution in [1.29, 1.82) is 0 Å². The molecule has 2 rings (SSSR count). The van der Waals surface area contributed by atoms with Gasteiger partial charge in [-0.3, -0.25) is 0 Å². The van der Waals surface area contributed by atoms with Crippen LogP contribution in [0.1, 0.15) is 47.7 Å². The molecule has 0 fully saturated rings. The van der Waals surface area contributed by atoms with E-state index >= 15 is 0 Å². The van der Waals surface area contributed by atoms with E-state index in [4.69, 9.17) is 5.11 Å². The molecule has 2 N–H and O–H groups in total. The first-order valence-corrected chi connectivity index (χ1v) is 6.15. The van der Waals surface area contributed by atoms with Crippen LogP contribution >= 0.6 is 0 Å². The van der Waals surface area contributed by atoms with Crippen molar-refractivity contribution in [3.05, 3.63) is 41.0 Å². The highest BCUT2D eigenvalue weighted by Crippen LogP contribution is 2.33. The molecule has 1 aliphatic carbocycles. The smallest absolute Gasteiger partial charge is 0.335 e. The van der Waals surface area contributed by atoms with Crippen LogP contribution < -0.4 is 0 Å². The highest BCUT2D eigenvalue weighted by atomic mass is 16.4. The van der Waals surface area contributed by atoms with Gasteiger partial charge in [0.25, 0.3) is 0 Å². The largest absolute Gasteiger partial charge is 0.478 e. The molecule has 1 aromatic rings. The zero-order valence-electron chi connectivity index (χ0n) is 10.7. The summed E-state index contributed by atoms with van der Waals surface area (Å²) in [6.07, 6.45) is 4.29. The molecule has 0 aromatic heterocycles. The van der Waals surface area contributed by atoms with Gasteiger partial charge in [-0.2, -0.15) is 0 Å². The van der Waals surface area contributed by atoms with Crippen LogP contribution in [0.25, 0.3) is 5.57 Å². The van der Waals surface area contributed by atoms with Crippen LogP contribution in [0.5, 0.6) is 0 Å². The molecule has 0 heterocycles. The minimum absolute atomic E-state index is 0.349. The van der Waals surface area contributed by atoms with E-state index in [0.29, 0.717) is 12.0 Å². The van der Waals surface area contributed by atoms with Crippen molar-refractivity contribution in [1.82, 2.24) is 0 Å². The van der Waals surface area contributed by atoms with Gasteiger partial charge in [-0.05, 0) is 55.9 Å². The topological polar surface area (TPSA) is 57.5 Å². The van der Waals surface area contributed by atoms with Gasteiger partial charge in [-0.15, -0.1) is 0 Å². The van der Waals surface area contributed by atoms with Crippen molar-refractivity contribution in [3.63, 3.8) is 0 Å². The Morgan fingerprint density at radius 3 is 2.61 bits per heavy atom. The Morgan fingerprint density at radius 1 is 1.39 bits per heavy atom. The number of aryl methyl sites for hydroxylation is 1. The predicted molar refractivity (Wildman–Crippen MR) is 70.6 cm³/mol. The van der Waals surface area contributed by atoms with Crippen molar-refractivity contribution < 1.29 is 15.0 Å². The van der Waals surface area contributed by atoms with Crippen LogP contribution in [0, 0.1) is 6.92 Å². The molecule has 3 nitrogen and oxygen atoms in total. The molecule has 0 saturated heterocycles. The molecule has 0 aliphatic heterocycles. The second-order valence-corrected chi connectivity index (χ2v) is 5.27. The summed E-state index contributed by atoms with van der Waals surface area (Å²) >= 11 is 0. The first-order valence-electron chi connectivity index (χ1n) is 6.15. The first kappa shape index (κ1) is 12.8. The Bertz CT molecular complexity index is 512. The van der Waals surface area contributed by atoms with Crippen molar-refractivity contribution in [2.45, 2.75) is 38.7 Å². The van der Waals surface area contributed by atoms with E-state index in [1.165, 1.54) is 5.57 Å². The maximum absolute atomic E-state index is 10.9. The third-order valence-corrected chi connectivity index (χ3v) is 3.55. The third-order valence-electron chi connectivity index (χ3n) is 3.55. The fourth-order valence-corrected chi connectivity index (χ4v) is 2.32. The van der Waals surface area contributed by atoms with Gasteiger partial charge in [0.05, 0.1) is 11.2 Å². The van der Waals surface area contributed by atoms with Gasteiger partial charge in [0.2, 0.25) is 0 Å². The van der Waals surface area contributed by atoms with Crippen molar-refractivity contribution in [2.75, 3.05) is 0 Å². The molecule has 0 radical (unpaired) electrons. The lowest BCUT2D eigenvalue weighted by Crippen LogP contribution is -2.25. The fraction of sp³-hybridized carbons (Fsp3) is 0.400. The molecule has 1 unspecified atom stereocenters. The number of allylic oxidation sites excluding steroid dienone is 1. The average Bonchev–Trinajstić information content (AvgIpc) is 2.28. The molecule has 3 heteroatoms. The van der Waals surface area contributed by atoms with Gasteiger partial charge in [0.15, 0.2) is 0 Å². The molecule has 0 amide bonds. The molecule has 1 aromatic carbocycles. The monoisotopic (exact) mass is 246 g/mol. The number of hydrogen-bond acceptors (Lipinski definition) is 2. The summed E-state index contributed by atoms with van der Waals surface area (Å²) in [4.78, 5) is 10.9. The molecule has 96 valence electrons. The van der Waals surface area contributed by atoms with E-state index in [2.05, 4.69) is 6.08 Å². The summed E-state index contributed by atoms with van der Waals surface area (Å²) in [6, 6.07) is 5.41. The quantitative estimate of drug-likeness (QED) is 0.843. The summed E-state index contributed by atoms with van der Waals surface area (Å²) < 4.78 is 0. The SMILES string of the molecule is Cc1cc(C2=CCC(C)(O)CC2)ccc1C(=O)O. The molecule has 1 aliphatic rings. The average molecular weight is 246 g/mol. The Morgan fingerprint density at radius 2 is 2.11 bits per heavy atom. The normalized spacial score (nSPS) is 23.6. The Hall–Kier alpha value is -1.61. The number of rotatable bonds is 2. The lowest BCUT2D eigenvalue weighted by molar-refractivity contribution is 0.0523. The van der Waals surface area contributed by atoms with Crippen LogP contribution in [-0.4, -0.2) is 21.8 Å². The molecule has 18 heavy (non-hydrogen) atoms. The number of carboxylic acid groups (broad SMARTS) is 1. The van der Waals surface area contributed by atoms with Crippen molar-refractivity contribution in [3.8, 4) is 0 Å². The molecular weight excluding hydrogens is 228 g/mol. The van der Waals surface area contributed by atoms with Gasteiger partial charge in [0.1, 0.15) is 0 Å². The summed E-state index contributed by atoms with van der Waals surface area (Å²) in [5.74, 6) is -0.889. The molecular formula is C15H18O3. The second kappa shape index (κ2) is 4.58. The van der Waals surface area contributed by atoms with E-state index in [0.717, 1.165) is 24.0 Å². The number of hydrogen-bond donors (Lipinski definition) is 2. The lowest BCUT2D eigenvalue weighted by atomic mass is 9.84. The van der Waals surface area contributed by atoms with E-state index in [-0.39, 0.29) is 0 Å². The van der Waals surface area contributed by atoms with Crippen molar-refractivity contribution >= 4 is 11.5 Å².